The zero-order valence-electron chi connectivity index (χ0n) is 18.9. The molecule has 0 spiro atoms. The summed E-state index contributed by atoms with van der Waals surface area (Å²) < 4.78 is 0. The van der Waals surface area contributed by atoms with Crippen LogP contribution in [0.5, 0.6) is 0 Å². The van der Waals surface area contributed by atoms with E-state index in [0.29, 0.717) is 5.02 Å². The maximum Gasteiger partial charge on any atom is 2.00 e. The summed E-state index contributed by atoms with van der Waals surface area (Å²) in [5.41, 5.74) is 9.68. The van der Waals surface area contributed by atoms with Gasteiger partial charge in [-0.3, -0.25) is 9.98 Å². The van der Waals surface area contributed by atoms with Crippen LogP contribution in [0.1, 0.15) is 47.5 Å². The largest absolute Gasteiger partial charge is 2.00 e. The molecule has 0 fully saturated rings. The van der Waals surface area contributed by atoms with Crippen molar-refractivity contribution in [2.75, 3.05) is 0 Å². The minimum Gasteiger partial charge on any atom is -1.00 e. The number of aryl methyl sites for hydroxylation is 4. The van der Waals surface area contributed by atoms with E-state index in [4.69, 9.17) is 26.6 Å². The van der Waals surface area contributed by atoms with Gasteiger partial charge in [0.15, 0.2) is 0 Å². The molecule has 3 rings (SSSR count). The van der Waals surface area contributed by atoms with E-state index in [2.05, 4.69) is 52.0 Å². The Balaban J connectivity index is 0.00000320. The summed E-state index contributed by atoms with van der Waals surface area (Å²) in [5.74, 6) is 0. The van der Waals surface area contributed by atoms with Crippen molar-refractivity contribution in [3.63, 3.8) is 0 Å². The molecule has 0 unspecified atom stereocenters. The molecular formula is C25H26Cl3FeN3. The molecule has 0 saturated heterocycles. The average Bonchev–Trinajstić information content (AvgIpc) is 2.67. The smallest absolute Gasteiger partial charge is 1.00 e. The SMILES string of the molecule is CC(=Nc1c(C)cccc1C)c1cc(Cl)cc(C(C)=Nc2c(C)cccc2C)n1.[Cl-].[Cl-].[Fe+2]. The van der Waals surface area contributed by atoms with Crippen molar-refractivity contribution in [3.05, 3.63) is 87.2 Å². The quantitative estimate of drug-likeness (QED) is 0.370. The van der Waals surface area contributed by atoms with Gasteiger partial charge in [-0.25, -0.2) is 4.98 Å². The molecule has 170 valence electrons. The number of halogens is 3. The van der Waals surface area contributed by atoms with Crippen LogP contribution in [0.4, 0.5) is 11.4 Å². The van der Waals surface area contributed by atoms with Gasteiger partial charge in [0.1, 0.15) is 0 Å². The monoisotopic (exact) mass is 529 g/mol. The maximum absolute atomic E-state index is 6.42. The number of benzene rings is 2. The molecule has 32 heavy (non-hydrogen) atoms. The Morgan fingerprint density at radius 3 is 1.31 bits per heavy atom. The van der Waals surface area contributed by atoms with Gasteiger partial charge in [0, 0.05) is 5.02 Å². The molecule has 1 heterocycles. The van der Waals surface area contributed by atoms with Crippen molar-refractivity contribution in [2.45, 2.75) is 41.5 Å². The summed E-state index contributed by atoms with van der Waals surface area (Å²) in [5, 5.41) is 0.622. The molecule has 0 amide bonds. The fourth-order valence-corrected chi connectivity index (χ4v) is 3.49. The van der Waals surface area contributed by atoms with E-state index in [1.54, 1.807) is 0 Å². The third kappa shape index (κ3) is 7.16. The second-order valence-corrected chi connectivity index (χ2v) is 7.87. The Morgan fingerprint density at radius 1 is 0.688 bits per heavy atom. The number of hydrogen-bond donors (Lipinski definition) is 0. The van der Waals surface area contributed by atoms with E-state index in [-0.39, 0.29) is 41.9 Å². The predicted molar refractivity (Wildman–Crippen MR) is 125 cm³/mol. The summed E-state index contributed by atoms with van der Waals surface area (Å²) in [4.78, 5) is 14.5. The topological polar surface area (TPSA) is 37.6 Å². The summed E-state index contributed by atoms with van der Waals surface area (Å²) in [7, 11) is 0. The molecule has 3 aromatic rings. The molecular weight excluding hydrogens is 505 g/mol. The first kappa shape index (κ1) is 30.3. The van der Waals surface area contributed by atoms with Crippen molar-refractivity contribution in [1.82, 2.24) is 4.98 Å². The van der Waals surface area contributed by atoms with Gasteiger partial charge in [0.25, 0.3) is 0 Å². The fraction of sp³-hybridized carbons (Fsp3) is 0.240. The van der Waals surface area contributed by atoms with Crippen LogP contribution in [0.3, 0.4) is 0 Å². The van der Waals surface area contributed by atoms with Gasteiger partial charge < -0.3 is 24.8 Å². The number of nitrogens with zero attached hydrogens (tertiary/aromatic N) is 3. The fourth-order valence-electron chi connectivity index (χ4n) is 3.28. The Bertz CT molecular complexity index is 1020. The van der Waals surface area contributed by atoms with Crippen LogP contribution >= 0.6 is 11.6 Å². The van der Waals surface area contributed by atoms with Gasteiger partial charge >= 0.3 is 17.1 Å². The first-order chi connectivity index (χ1) is 13.8. The number of pyridine rings is 1. The molecule has 0 aliphatic carbocycles. The predicted octanol–water partition coefficient (Wildman–Crippen LogP) is 1.26. The standard InChI is InChI=1S/C25H26ClN3.2ClH.Fe/c1-15-9-7-10-16(2)24(15)27-19(5)22-13-21(26)14-23(29-22)20(6)28-25-17(3)11-8-12-18(25)4;;;/h7-14H,1-6H3;2*1H;/q;;;+2/p-2. The van der Waals surface area contributed by atoms with Crippen LogP contribution in [-0.4, -0.2) is 16.4 Å². The van der Waals surface area contributed by atoms with Crippen LogP contribution < -0.4 is 24.8 Å². The van der Waals surface area contributed by atoms with Crippen molar-refractivity contribution >= 4 is 34.4 Å². The van der Waals surface area contributed by atoms with Crippen LogP contribution in [0, 0.1) is 27.7 Å². The van der Waals surface area contributed by atoms with E-state index in [1.165, 1.54) is 0 Å². The summed E-state index contributed by atoms with van der Waals surface area (Å²) in [6.45, 7) is 12.2. The molecule has 0 saturated carbocycles. The van der Waals surface area contributed by atoms with Crippen LogP contribution in [-0.2, 0) is 17.1 Å². The molecule has 7 heteroatoms. The van der Waals surface area contributed by atoms with E-state index in [1.807, 2.05) is 38.1 Å². The summed E-state index contributed by atoms with van der Waals surface area (Å²) in [6.07, 6.45) is 0. The first-order valence-electron chi connectivity index (χ1n) is 9.67. The first-order valence-corrected chi connectivity index (χ1v) is 10.1. The zero-order valence-corrected chi connectivity index (χ0v) is 22.3. The molecule has 0 atom stereocenters. The van der Waals surface area contributed by atoms with Gasteiger partial charge in [-0.1, -0.05) is 48.0 Å². The van der Waals surface area contributed by atoms with Crippen LogP contribution in [0.25, 0.3) is 0 Å². The second-order valence-electron chi connectivity index (χ2n) is 7.43. The number of aliphatic imine (C=N–C) groups is 2. The van der Waals surface area contributed by atoms with Gasteiger partial charge in [-0.05, 0) is 75.9 Å². The molecule has 0 aliphatic rings. The van der Waals surface area contributed by atoms with Gasteiger partial charge in [0.2, 0.25) is 0 Å². The van der Waals surface area contributed by atoms with E-state index in [0.717, 1.165) is 56.4 Å². The van der Waals surface area contributed by atoms with Crippen molar-refractivity contribution in [1.29, 1.82) is 0 Å². The average molecular weight is 531 g/mol. The number of hydrogen-bond acceptors (Lipinski definition) is 3. The molecule has 0 radical (unpaired) electrons. The van der Waals surface area contributed by atoms with E-state index in [9.17, 15) is 0 Å². The minimum atomic E-state index is 0. The number of para-hydroxylation sites is 2. The minimum absolute atomic E-state index is 0. The van der Waals surface area contributed by atoms with Crippen molar-refractivity contribution in [3.8, 4) is 0 Å². The molecule has 3 nitrogen and oxygen atoms in total. The summed E-state index contributed by atoms with van der Waals surface area (Å²) in [6, 6.07) is 16.1. The van der Waals surface area contributed by atoms with E-state index >= 15 is 0 Å². The Labute approximate surface area is 219 Å². The van der Waals surface area contributed by atoms with E-state index < -0.39 is 0 Å². The van der Waals surface area contributed by atoms with Gasteiger partial charge in [0.05, 0.1) is 34.2 Å². The Morgan fingerprint density at radius 2 is 1.00 bits per heavy atom. The normalized spacial score (nSPS) is 11.2. The second kappa shape index (κ2) is 13.1. The molecule has 0 bridgehead atoms. The van der Waals surface area contributed by atoms with Gasteiger partial charge in [-0.15, -0.1) is 0 Å². The van der Waals surface area contributed by atoms with Crippen molar-refractivity contribution in [2.24, 2.45) is 9.98 Å². The maximum atomic E-state index is 6.42. The molecule has 0 aliphatic heterocycles. The number of aromatic nitrogens is 1. The molecule has 2 aromatic carbocycles. The zero-order chi connectivity index (χ0) is 21.1. The summed E-state index contributed by atoms with van der Waals surface area (Å²) >= 11 is 6.42. The third-order valence-corrected chi connectivity index (χ3v) is 5.19. The van der Waals surface area contributed by atoms with Crippen molar-refractivity contribution < 1.29 is 41.9 Å². The van der Waals surface area contributed by atoms with Crippen LogP contribution in [0.2, 0.25) is 5.02 Å². The Kier molecular flexibility index (Phi) is 12.4. The number of rotatable bonds is 4. The third-order valence-electron chi connectivity index (χ3n) is 4.97. The molecule has 1 aromatic heterocycles. The Hall–Kier alpha value is -1.68. The van der Waals surface area contributed by atoms with Gasteiger partial charge in [-0.2, -0.15) is 0 Å². The molecule has 0 N–H and O–H groups in total. The van der Waals surface area contributed by atoms with Crippen LogP contribution in [0.15, 0.2) is 58.5 Å².